The molecule has 0 saturated heterocycles. The van der Waals surface area contributed by atoms with Crippen molar-refractivity contribution in [1.82, 2.24) is 15.3 Å². The molecule has 0 radical (unpaired) electrons. The van der Waals surface area contributed by atoms with Crippen LogP contribution in [0.15, 0.2) is 18.2 Å². The van der Waals surface area contributed by atoms with E-state index in [1.165, 1.54) is 0 Å². The van der Waals surface area contributed by atoms with E-state index in [-0.39, 0.29) is 18.6 Å². The van der Waals surface area contributed by atoms with E-state index in [2.05, 4.69) is 15.3 Å². The molecule has 1 N–H and O–H groups in total. The van der Waals surface area contributed by atoms with Gasteiger partial charge in [0.1, 0.15) is 0 Å². The van der Waals surface area contributed by atoms with E-state index in [1.54, 1.807) is 32.2 Å². The molecule has 24 heavy (non-hydrogen) atoms. The minimum atomic E-state index is -0.577. The molecular formula is C17H21N3O4. The third-order valence-electron chi connectivity index (χ3n) is 3.47. The van der Waals surface area contributed by atoms with Gasteiger partial charge < -0.3 is 14.8 Å². The van der Waals surface area contributed by atoms with Gasteiger partial charge in [0.25, 0.3) is 5.91 Å². The van der Waals surface area contributed by atoms with Crippen molar-refractivity contribution < 1.29 is 19.1 Å². The van der Waals surface area contributed by atoms with Crippen molar-refractivity contribution in [2.75, 3.05) is 20.3 Å². The van der Waals surface area contributed by atoms with Crippen LogP contribution in [0.4, 0.5) is 0 Å². The molecule has 1 unspecified atom stereocenters. The summed E-state index contributed by atoms with van der Waals surface area (Å²) >= 11 is 0. The zero-order valence-electron chi connectivity index (χ0n) is 14.3. The molecular weight excluding hydrogens is 310 g/mol. The van der Waals surface area contributed by atoms with Crippen LogP contribution in [0.1, 0.15) is 28.7 Å². The van der Waals surface area contributed by atoms with Crippen LogP contribution in [0.3, 0.4) is 0 Å². The van der Waals surface area contributed by atoms with Crippen molar-refractivity contribution in [2.45, 2.75) is 26.8 Å². The summed E-state index contributed by atoms with van der Waals surface area (Å²) in [5, 5.41) is 2.67. The van der Waals surface area contributed by atoms with Gasteiger partial charge in [-0.15, -0.1) is 0 Å². The molecule has 0 saturated carbocycles. The number of nitrogens with one attached hydrogen (secondary N) is 1. The maximum atomic E-state index is 12.1. The van der Waals surface area contributed by atoms with Crippen LogP contribution in [0.2, 0.25) is 0 Å². The number of carbonyl (C=O) groups excluding carboxylic acids is 2. The molecule has 0 fully saturated rings. The van der Waals surface area contributed by atoms with E-state index < -0.39 is 5.97 Å². The fourth-order valence-corrected chi connectivity index (χ4v) is 2.18. The standard InChI is InChI=1S/C17H21N3O4/c1-10(8-23-4)18-16(21)9-24-17(22)13-5-6-14-15(7-13)20-12(3)11(2)19-14/h5-7,10H,8-9H2,1-4H3,(H,18,21). The summed E-state index contributed by atoms with van der Waals surface area (Å²) in [5.74, 6) is -0.952. The lowest BCUT2D eigenvalue weighted by Gasteiger charge is -2.12. The molecule has 0 aliphatic carbocycles. The van der Waals surface area contributed by atoms with Crippen LogP contribution >= 0.6 is 0 Å². The molecule has 0 aliphatic heterocycles. The van der Waals surface area contributed by atoms with E-state index in [9.17, 15) is 9.59 Å². The van der Waals surface area contributed by atoms with Gasteiger partial charge in [0.15, 0.2) is 6.61 Å². The van der Waals surface area contributed by atoms with Crippen LogP contribution in [0, 0.1) is 13.8 Å². The van der Waals surface area contributed by atoms with Crippen LogP contribution in [0.5, 0.6) is 0 Å². The van der Waals surface area contributed by atoms with Crippen LogP contribution < -0.4 is 5.32 Å². The SMILES string of the molecule is COCC(C)NC(=O)COC(=O)c1ccc2nc(C)c(C)nc2c1. The lowest BCUT2D eigenvalue weighted by molar-refractivity contribution is -0.125. The Kier molecular flexibility index (Phi) is 5.81. The molecule has 7 nitrogen and oxygen atoms in total. The van der Waals surface area contributed by atoms with Gasteiger partial charge in [0.05, 0.1) is 34.6 Å². The molecule has 1 aromatic carbocycles. The summed E-state index contributed by atoms with van der Waals surface area (Å²) in [7, 11) is 1.55. The second-order valence-electron chi connectivity index (χ2n) is 5.60. The number of ether oxygens (including phenoxy) is 2. The van der Waals surface area contributed by atoms with Crippen LogP contribution in [0.25, 0.3) is 11.0 Å². The molecule has 0 bridgehead atoms. The topological polar surface area (TPSA) is 90.4 Å². The second-order valence-corrected chi connectivity index (χ2v) is 5.60. The van der Waals surface area contributed by atoms with Gasteiger partial charge in [-0.2, -0.15) is 0 Å². The Bertz CT molecular complexity index is 761. The highest BCUT2D eigenvalue weighted by atomic mass is 16.5. The highest BCUT2D eigenvalue weighted by Gasteiger charge is 2.13. The molecule has 1 atom stereocenters. The van der Waals surface area contributed by atoms with E-state index >= 15 is 0 Å². The molecule has 128 valence electrons. The minimum Gasteiger partial charge on any atom is -0.452 e. The number of amides is 1. The van der Waals surface area contributed by atoms with Crippen molar-refractivity contribution in [3.63, 3.8) is 0 Å². The highest BCUT2D eigenvalue weighted by molar-refractivity contribution is 5.94. The van der Waals surface area contributed by atoms with E-state index in [0.717, 1.165) is 11.4 Å². The number of fused-ring (bicyclic) bond motifs is 1. The van der Waals surface area contributed by atoms with Gasteiger partial charge in [-0.1, -0.05) is 0 Å². The summed E-state index contributed by atoms with van der Waals surface area (Å²) < 4.78 is 9.95. The first-order valence-corrected chi connectivity index (χ1v) is 7.61. The highest BCUT2D eigenvalue weighted by Crippen LogP contribution is 2.15. The number of rotatable bonds is 6. The van der Waals surface area contributed by atoms with Crippen LogP contribution in [-0.2, 0) is 14.3 Å². The number of aryl methyl sites for hydroxylation is 2. The lowest BCUT2D eigenvalue weighted by atomic mass is 10.2. The summed E-state index contributed by atoms with van der Waals surface area (Å²) in [6, 6.07) is 4.79. The number of carbonyl (C=O) groups is 2. The number of nitrogens with zero attached hydrogens (tertiary/aromatic N) is 2. The Balaban J connectivity index is 2.01. The van der Waals surface area contributed by atoms with Gasteiger partial charge in [0.2, 0.25) is 0 Å². The van der Waals surface area contributed by atoms with Gasteiger partial charge in [0, 0.05) is 13.2 Å². The molecule has 2 rings (SSSR count). The second kappa shape index (κ2) is 7.83. The molecule has 2 aromatic rings. The van der Waals surface area contributed by atoms with Crippen molar-refractivity contribution in [3.05, 3.63) is 35.2 Å². The fourth-order valence-electron chi connectivity index (χ4n) is 2.18. The molecule has 1 heterocycles. The normalized spacial score (nSPS) is 12.0. The quantitative estimate of drug-likeness (QED) is 0.808. The third-order valence-corrected chi connectivity index (χ3v) is 3.47. The van der Waals surface area contributed by atoms with Crippen molar-refractivity contribution >= 4 is 22.9 Å². The van der Waals surface area contributed by atoms with E-state index in [1.807, 2.05) is 13.8 Å². The number of hydrogen-bond acceptors (Lipinski definition) is 6. The van der Waals surface area contributed by atoms with Crippen molar-refractivity contribution in [1.29, 1.82) is 0 Å². The van der Waals surface area contributed by atoms with Gasteiger partial charge in [-0.3, -0.25) is 4.79 Å². The Hall–Kier alpha value is -2.54. The Labute approximate surface area is 140 Å². The van der Waals surface area contributed by atoms with Crippen molar-refractivity contribution in [2.24, 2.45) is 0 Å². The molecule has 0 spiro atoms. The summed E-state index contributed by atoms with van der Waals surface area (Å²) in [5.41, 5.74) is 3.31. The lowest BCUT2D eigenvalue weighted by Crippen LogP contribution is -2.38. The smallest absolute Gasteiger partial charge is 0.338 e. The summed E-state index contributed by atoms with van der Waals surface area (Å²) in [6.45, 7) is 5.59. The monoisotopic (exact) mass is 331 g/mol. The number of esters is 1. The number of hydrogen-bond donors (Lipinski definition) is 1. The summed E-state index contributed by atoms with van der Waals surface area (Å²) in [6.07, 6.45) is 0. The molecule has 1 amide bonds. The maximum absolute atomic E-state index is 12.1. The number of methoxy groups -OCH3 is 1. The van der Waals surface area contributed by atoms with Crippen LogP contribution in [-0.4, -0.2) is 48.2 Å². The largest absolute Gasteiger partial charge is 0.452 e. The first-order chi connectivity index (χ1) is 11.4. The first-order valence-electron chi connectivity index (χ1n) is 7.61. The average Bonchev–Trinajstić information content (AvgIpc) is 2.53. The van der Waals surface area contributed by atoms with Gasteiger partial charge >= 0.3 is 5.97 Å². The van der Waals surface area contributed by atoms with Crippen molar-refractivity contribution in [3.8, 4) is 0 Å². The predicted octanol–water partition coefficient (Wildman–Crippen LogP) is 1.55. The number of benzene rings is 1. The summed E-state index contributed by atoms with van der Waals surface area (Å²) in [4.78, 5) is 32.6. The molecule has 7 heteroatoms. The molecule has 1 aromatic heterocycles. The fraction of sp³-hybridized carbons (Fsp3) is 0.412. The van der Waals surface area contributed by atoms with Gasteiger partial charge in [-0.05, 0) is 39.0 Å². The van der Waals surface area contributed by atoms with E-state index in [4.69, 9.17) is 9.47 Å². The maximum Gasteiger partial charge on any atom is 0.338 e. The van der Waals surface area contributed by atoms with E-state index in [0.29, 0.717) is 23.2 Å². The Morgan fingerprint density at radius 2 is 1.83 bits per heavy atom. The zero-order chi connectivity index (χ0) is 17.7. The predicted molar refractivity (Wildman–Crippen MR) is 88.8 cm³/mol. The average molecular weight is 331 g/mol. The van der Waals surface area contributed by atoms with Gasteiger partial charge in [-0.25, -0.2) is 14.8 Å². The minimum absolute atomic E-state index is 0.150. The Morgan fingerprint density at radius 3 is 2.50 bits per heavy atom. The third kappa shape index (κ3) is 4.48. The zero-order valence-corrected chi connectivity index (χ0v) is 14.3. The molecule has 0 aliphatic rings. The first kappa shape index (κ1) is 17.8. The number of aromatic nitrogens is 2. The Morgan fingerprint density at radius 1 is 1.17 bits per heavy atom.